The van der Waals surface area contributed by atoms with Crippen LogP contribution in [0.2, 0.25) is 0 Å². The molecule has 15 heavy (non-hydrogen) atoms. The van der Waals surface area contributed by atoms with Crippen LogP contribution in [0.4, 0.5) is 0 Å². The molecule has 1 atom stereocenters. The minimum Gasteiger partial charge on any atom is -0.322 e. The van der Waals surface area contributed by atoms with Crippen LogP contribution < -0.4 is 0 Å². The summed E-state index contributed by atoms with van der Waals surface area (Å²) >= 11 is 9.82. The van der Waals surface area contributed by atoms with E-state index in [-0.39, 0.29) is 0 Å². The van der Waals surface area contributed by atoms with E-state index in [1.54, 1.807) is 0 Å². The topological polar surface area (TPSA) is 138 Å². The normalized spacial score (nSPS) is 18.5. The van der Waals surface area contributed by atoms with Crippen molar-refractivity contribution in [3.63, 3.8) is 0 Å². The van der Waals surface area contributed by atoms with Crippen LogP contribution in [-0.2, 0) is 23.2 Å². The van der Waals surface area contributed by atoms with E-state index in [1.807, 2.05) is 0 Å². The van der Waals surface area contributed by atoms with Crippen molar-refractivity contribution in [1.82, 2.24) is 0 Å². The second-order valence-electron chi connectivity index (χ2n) is 2.35. The molecule has 0 saturated heterocycles. The molecule has 0 fully saturated rings. The third-order valence-electron chi connectivity index (χ3n) is 0.927. The van der Waals surface area contributed by atoms with E-state index in [0.29, 0.717) is 6.26 Å². The number of halogens is 2. The first-order valence-corrected chi connectivity index (χ1v) is 8.64. The first-order valence-electron chi connectivity index (χ1n) is 2.88. The lowest BCUT2D eigenvalue weighted by atomic mass is 11.8. The summed E-state index contributed by atoms with van der Waals surface area (Å²) in [4.78, 5) is 25.9. The van der Waals surface area contributed by atoms with E-state index >= 15 is 0 Å². The molecular formula is C2H6Cl2O8P2S. The molecule has 0 heterocycles. The predicted octanol–water partition coefficient (Wildman–Crippen LogP) is 0.415. The molecule has 13 heteroatoms. The third kappa shape index (κ3) is 3.96. The molecule has 0 aliphatic heterocycles. The molecule has 92 valence electrons. The van der Waals surface area contributed by atoms with Gasteiger partial charge in [-0.2, -0.15) is 12.4 Å². The minimum atomic E-state index is -5.46. The van der Waals surface area contributed by atoms with Crippen molar-refractivity contribution >= 4 is 48.5 Å². The molecule has 1 unspecified atom stereocenters. The molecule has 0 bridgehead atoms. The van der Waals surface area contributed by atoms with Crippen LogP contribution in [0.1, 0.15) is 0 Å². The second-order valence-corrected chi connectivity index (χ2v) is 10.6. The quantitative estimate of drug-likeness (QED) is 0.499. The highest BCUT2D eigenvalue weighted by Gasteiger charge is 2.61. The fraction of sp³-hybridized carbons (Fsp3) is 1.00. The molecule has 0 amide bonds. The molecule has 0 saturated carbocycles. The third-order valence-corrected chi connectivity index (χ3v) is 8.34. The molecular weight excluding hydrogens is 317 g/mol. The lowest BCUT2D eigenvalue weighted by molar-refractivity contribution is 0.350. The van der Waals surface area contributed by atoms with Crippen molar-refractivity contribution in [2.75, 3.05) is 6.26 Å². The molecule has 8 nitrogen and oxygen atoms in total. The van der Waals surface area contributed by atoms with Crippen LogP contribution in [-0.4, -0.2) is 33.2 Å². The van der Waals surface area contributed by atoms with Gasteiger partial charge < -0.3 is 14.7 Å². The summed E-state index contributed by atoms with van der Waals surface area (Å²) in [6, 6.07) is 0. The van der Waals surface area contributed by atoms with Crippen LogP contribution in [0.15, 0.2) is 0 Å². The maximum Gasteiger partial charge on any atom is 0.391 e. The molecule has 0 aliphatic rings. The van der Waals surface area contributed by atoms with Gasteiger partial charge in [-0.15, -0.1) is 0 Å². The Bertz CT molecular complexity index is 434. The predicted molar refractivity (Wildman–Crippen MR) is 52.2 cm³/mol. The van der Waals surface area contributed by atoms with Gasteiger partial charge in [0.15, 0.2) is 0 Å². The van der Waals surface area contributed by atoms with Crippen LogP contribution >= 0.6 is 38.4 Å². The SMILES string of the molecule is CS(=O)(=O)OP(=O)(O)C(Cl)(Cl)P(=O)(O)O. The smallest absolute Gasteiger partial charge is 0.322 e. The highest BCUT2D eigenvalue weighted by Crippen LogP contribution is 2.76. The average molecular weight is 323 g/mol. The first kappa shape index (κ1) is 15.8. The number of hydrogen-bond acceptors (Lipinski definition) is 5. The van der Waals surface area contributed by atoms with Gasteiger partial charge in [-0.25, -0.2) is 0 Å². The first-order chi connectivity index (χ1) is 6.21. The Hall–Kier alpha value is 0.830. The fourth-order valence-corrected chi connectivity index (χ4v) is 4.34. The van der Waals surface area contributed by atoms with Crippen molar-refractivity contribution in [3.05, 3.63) is 0 Å². The van der Waals surface area contributed by atoms with E-state index < -0.39 is 29.1 Å². The fourth-order valence-electron chi connectivity index (χ4n) is 0.393. The maximum atomic E-state index is 11.1. The maximum absolute atomic E-state index is 11.1. The van der Waals surface area contributed by atoms with Gasteiger partial charge >= 0.3 is 19.0 Å². The summed E-state index contributed by atoms with van der Waals surface area (Å²) in [5.41, 5.74) is 0. The van der Waals surface area contributed by atoms with Gasteiger partial charge in [0.05, 0.1) is 6.26 Å². The van der Waals surface area contributed by atoms with Crippen LogP contribution in [0.5, 0.6) is 0 Å². The summed E-state index contributed by atoms with van der Waals surface area (Å²) in [7, 11) is -15.4. The van der Waals surface area contributed by atoms with Gasteiger partial charge in [0.2, 0.25) is 0 Å². The van der Waals surface area contributed by atoms with Crippen LogP contribution in [0.3, 0.4) is 0 Å². The Morgan fingerprint density at radius 1 is 1.20 bits per heavy atom. The van der Waals surface area contributed by atoms with Gasteiger partial charge in [-0.1, -0.05) is 23.2 Å². The van der Waals surface area contributed by atoms with Gasteiger partial charge in [0.25, 0.3) is 10.1 Å². The lowest BCUT2D eigenvalue weighted by Crippen LogP contribution is -2.17. The van der Waals surface area contributed by atoms with E-state index in [0.717, 1.165) is 0 Å². The molecule has 0 aliphatic carbocycles. The summed E-state index contributed by atoms with van der Waals surface area (Å²) in [6.07, 6.45) is 0.388. The summed E-state index contributed by atoms with van der Waals surface area (Å²) in [6.45, 7) is 0. The van der Waals surface area contributed by atoms with E-state index in [2.05, 4.69) is 3.97 Å². The molecule has 3 N–H and O–H groups in total. The summed E-state index contributed by atoms with van der Waals surface area (Å²) in [5, 5.41) is 0. The number of hydrogen-bond donors (Lipinski definition) is 3. The lowest BCUT2D eigenvalue weighted by Gasteiger charge is -2.24. The van der Waals surface area contributed by atoms with Crippen LogP contribution in [0.25, 0.3) is 0 Å². The van der Waals surface area contributed by atoms with Crippen molar-refractivity contribution in [1.29, 1.82) is 0 Å². The standard InChI is InChI=1S/C2H6Cl2O8P2S/c1-15(10,11)12-14(8,9)2(3,4)13(5,6)7/h1H3,(H,8,9)(H2,5,6,7). The Kier molecular flexibility index (Phi) is 4.49. The van der Waals surface area contributed by atoms with Crippen molar-refractivity contribution in [2.45, 2.75) is 3.82 Å². The highest BCUT2D eigenvalue weighted by molar-refractivity contribution is 7.93. The van der Waals surface area contributed by atoms with Crippen molar-refractivity contribution in [2.24, 2.45) is 0 Å². The highest BCUT2D eigenvalue weighted by atomic mass is 35.5. The van der Waals surface area contributed by atoms with Gasteiger partial charge in [-0.3, -0.25) is 9.13 Å². The molecule has 0 aromatic heterocycles. The molecule has 0 rings (SSSR count). The van der Waals surface area contributed by atoms with Crippen molar-refractivity contribution in [3.8, 4) is 0 Å². The van der Waals surface area contributed by atoms with Gasteiger partial charge in [0.1, 0.15) is 0 Å². The second kappa shape index (κ2) is 4.25. The Balaban J connectivity index is 5.41. The summed E-state index contributed by atoms with van der Waals surface area (Å²) in [5.74, 6) is 0. The Morgan fingerprint density at radius 2 is 1.53 bits per heavy atom. The number of alkyl halides is 2. The summed E-state index contributed by atoms with van der Waals surface area (Å²) < 4.78 is 42.7. The van der Waals surface area contributed by atoms with Crippen molar-refractivity contribution < 1.29 is 36.2 Å². The monoisotopic (exact) mass is 322 g/mol. The number of rotatable bonds is 4. The van der Waals surface area contributed by atoms with E-state index in [4.69, 9.17) is 37.9 Å². The van der Waals surface area contributed by atoms with Gasteiger partial charge in [-0.05, 0) is 0 Å². The largest absolute Gasteiger partial charge is 0.391 e. The molecule has 0 aromatic rings. The van der Waals surface area contributed by atoms with Crippen LogP contribution in [0, 0.1) is 0 Å². The zero-order chi connectivity index (χ0) is 12.7. The average Bonchev–Trinajstić information content (AvgIpc) is 1.77. The molecule has 0 spiro atoms. The van der Waals surface area contributed by atoms with Gasteiger partial charge in [0, 0.05) is 0 Å². The molecule has 0 radical (unpaired) electrons. The zero-order valence-electron chi connectivity index (χ0n) is 6.94. The van der Waals surface area contributed by atoms with E-state index in [9.17, 15) is 17.5 Å². The minimum absolute atomic E-state index is 0.388. The van der Waals surface area contributed by atoms with E-state index in [1.165, 1.54) is 0 Å². The molecule has 0 aromatic carbocycles. The Labute approximate surface area is 95.0 Å². The Morgan fingerprint density at radius 3 is 1.73 bits per heavy atom. The zero-order valence-corrected chi connectivity index (χ0v) is 11.1.